The van der Waals surface area contributed by atoms with Crippen LogP contribution in [0.15, 0.2) is 12.4 Å². The van der Waals surface area contributed by atoms with Gasteiger partial charge in [-0.15, -0.1) is 0 Å². The van der Waals surface area contributed by atoms with Crippen molar-refractivity contribution in [3.63, 3.8) is 0 Å². The summed E-state index contributed by atoms with van der Waals surface area (Å²) in [5, 5.41) is 7.57. The molecule has 0 saturated carbocycles. The first kappa shape index (κ1) is 10.1. The van der Waals surface area contributed by atoms with E-state index in [0.29, 0.717) is 6.04 Å². The van der Waals surface area contributed by atoms with E-state index in [2.05, 4.69) is 33.1 Å². The van der Waals surface area contributed by atoms with E-state index in [-0.39, 0.29) is 0 Å². The topological polar surface area (TPSA) is 29.9 Å². The molecule has 0 unspecified atom stereocenters. The zero-order valence-corrected chi connectivity index (χ0v) is 9.39. The van der Waals surface area contributed by atoms with Crippen molar-refractivity contribution >= 4 is 11.8 Å². The van der Waals surface area contributed by atoms with Crippen LogP contribution in [0.4, 0.5) is 0 Å². The molecule has 1 aromatic heterocycles. The van der Waals surface area contributed by atoms with E-state index in [1.165, 1.54) is 29.9 Å². The minimum atomic E-state index is 0.641. The summed E-state index contributed by atoms with van der Waals surface area (Å²) in [4.78, 5) is 0. The number of rotatable bonds is 3. The fourth-order valence-electron chi connectivity index (χ4n) is 1.82. The maximum Gasteiger partial charge on any atom is 0.0535 e. The summed E-state index contributed by atoms with van der Waals surface area (Å²) in [7, 11) is 1.97. The van der Waals surface area contributed by atoms with Crippen molar-refractivity contribution in [2.75, 3.05) is 18.6 Å². The summed E-state index contributed by atoms with van der Waals surface area (Å²) in [6.07, 6.45) is 6.69. The molecule has 1 N–H and O–H groups in total. The van der Waals surface area contributed by atoms with Crippen LogP contribution >= 0.6 is 11.8 Å². The molecule has 1 aliphatic heterocycles. The van der Waals surface area contributed by atoms with Crippen LogP contribution in [0.5, 0.6) is 0 Å². The number of nitrogens with zero attached hydrogens (tertiary/aromatic N) is 2. The van der Waals surface area contributed by atoms with Crippen LogP contribution < -0.4 is 5.32 Å². The monoisotopic (exact) mass is 211 g/mol. The minimum Gasteiger partial charge on any atom is -0.316 e. The number of nitrogens with one attached hydrogen (secondary N) is 1. The smallest absolute Gasteiger partial charge is 0.0535 e. The lowest BCUT2D eigenvalue weighted by Gasteiger charge is -2.21. The van der Waals surface area contributed by atoms with Crippen LogP contribution in [0.2, 0.25) is 0 Å². The minimum absolute atomic E-state index is 0.641. The van der Waals surface area contributed by atoms with Gasteiger partial charge < -0.3 is 5.32 Å². The first-order valence-corrected chi connectivity index (χ1v) is 6.31. The quantitative estimate of drug-likeness (QED) is 0.825. The number of hydrogen-bond donors (Lipinski definition) is 1. The zero-order chi connectivity index (χ0) is 9.80. The second-order valence-electron chi connectivity index (χ2n) is 3.70. The summed E-state index contributed by atoms with van der Waals surface area (Å²) in [5.74, 6) is 2.57. The molecule has 0 amide bonds. The highest BCUT2D eigenvalue weighted by atomic mass is 32.2. The molecule has 1 aliphatic rings. The fraction of sp³-hybridized carbons (Fsp3) is 0.700. The molecule has 0 aromatic carbocycles. The van der Waals surface area contributed by atoms with E-state index in [1.54, 1.807) is 0 Å². The Labute approximate surface area is 89.3 Å². The molecule has 4 heteroatoms. The second kappa shape index (κ2) is 4.84. The molecule has 0 atom stereocenters. The Morgan fingerprint density at radius 2 is 2.36 bits per heavy atom. The normalized spacial score (nSPS) is 18.6. The fourth-order valence-corrected chi connectivity index (χ4v) is 2.90. The highest BCUT2D eigenvalue weighted by Crippen LogP contribution is 2.26. The van der Waals surface area contributed by atoms with Crippen LogP contribution in [-0.4, -0.2) is 28.3 Å². The van der Waals surface area contributed by atoms with Gasteiger partial charge in [0.25, 0.3) is 0 Å². The summed E-state index contributed by atoms with van der Waals surface area (Å²) >= 11 is 2.06. The number of aromatic nitrogens is 2. The van der Waals surface area contributed by atoms with Crippen LogP contribution in [0.25, 0.3) is 0 Å². The Morgan fingerprint density at radius 3 is 3.07 bits per heavy atom. The lowest BCUT2D eigenvalue weighted by Crippen LogP contribution is -2.15. The van der Waals surface area contributed by atoms with Crippen molar-refractivity contribution in [2.24, 2.45) is 0 Å². The predicted molar refractivity (Wildman–Crippen MR) is 60.6 cm³/mol. The van der Waals surface area contributed by atoms with Crippen molar-refractivity contribution in [1.82, 2.24) is 15.1 Å². The Balaban J connectivity index is 2.00. The molecule has 0 radical (unpaired) electrons. The molecule has 1 aromatic rings. The molecule has 3 nitrogen and oxygen atoms in total. The van der Waals surface area contributed by atoms with Gasteiger partial charge in [0.2, 0.25) is 0 Å². The van der Waals surface area contributed by atoms with Gasteiger partial charge in [-0.3, -0.25) is 4.68 Å². The second-order valence-corrected chi connectivity index (χ2v) is 4.93. The maximum absolute atomic E-state index is 4.43. The van der Waals surface area contributed by atoms with Crippen LogP contribution in [0.3, 0.4) is 0 Å². The van der Waals surface area contributed by atoms with E-state index in [1.807, 2.05) is 13.2 Å². The molecule has 2 rings (SSSR count). The summed E-state index contributed by atoms with van der Waals surface area (Å²) in [6, 6.07) is 0.641. The summed E-state index contributed by atoms with van der Waals surface area (Å²) < 4.78 is 2.15. The molecular formula is C10H17N3S. The Bertz CT molecular complexity index is 279. The molecule has 14 heavy (non-hydrogen) atoms. The zero-order valence-electron chi connectivity index (χ0n) is 8.57. The van der Waals surface area contributed by atoms with Gasteiger partial charge >= 0.3 is 0 Å². The van der Waals surface area contributed by atoms with E-state index >= 15 is 0 Å². The van der Waals surface area contributed by atoms with Crippen molar-refractivity contribution < 1.29 is 0 Å². The van der Waals surface area contributed by atoms with Gasteiger partial charge in [-0.1, -0.05) is 0 Å². The van der Waals surface area contributed by atoms with Crippen LogP contribution in [-0.2, 0) is 6.54 Å². The first-order valence-electron chi connectivity index (χ1n) is 5.15. The third-order valence-corrected chi connectivity index (χ3v) is 3.65. The maximum atomic E-state index is 4.43. The largest absolute Gasteiger partial charge is 0.316 e. The lowest BCUT2D eigenvalue weighted by molar-refractivity contribution is 0.426. The highest BCUT2D eigenvalue weighted by molar-refractivity contribution is 7.99. The van der Waals surface area contributed by atoms with Crippen molar-refractivity contribution in [3.05, 3.63) is 18.0 Å². The molecule has 2 heterocycles. The number of hydrogen-bond acceptors (Lipinski definition) is 3. The average Bonchev–Trinajstić information content (AvgIpc) is 2.68. The van der Waals surface area contributed by atoms with Crippen LogP contribution in [0, 0.1) is 0 Å². The van der Waals surface area contributed by atoms with Crippen molar-refractivity contribution in [1.29, 1.82) is 0 Å². The molecule has 1 fully saturated rings. The Kier molecular flexibility index (Phi) is 3.48. The average molecular weight is 211 g/mol. The van der Waals surface area contributed by atoms with E-state index < -0.39 is 0 Å². The predicted octanol–water partition coefficient (Wildman–Crippen LogP) is 1.67. The molecule has 0 bridgehead atoms. The number of thioether (sulfide) groups is 1. The Hall–Kier alpha value is -0.480. The van der Waals surface area contributed by atoms with E-state index in [0.717, 1.165) is 6.54 Å². The van der Waals surface area contributed by atoms with Crippen molar-refractivity contribution in [2.45, 2.75) is 25.4 Å². The van der Waals surface area contributed by atoms with Gasteiger partial charge in [0.15, 0.2) is 0 Å². The molecular weight excluding hydrogens is 194 g/mol. The first-order chi connectivity index (χ1) is 6.90. The Morgan fingerprint density at radius 1 is 1.57 bits per heavy atom. The summed E-state index contributed by atoms with van der Waals surface area (Å²) in [5.41, 5.74) is 1.28. The standard InChI is InChI=1S/C10H17N3S/c1-11-6-9-7-12-13(8-9)10-2-4-14-5-3-10/h7-8,10-11H,2-6H2,1H3. The van der Waals surface area contributed by atoms with E-state index in [9.17, 15) is 0 Å². The van der Waals surface area contributed by atoms with E-state index in [4.69, 9.17) is 0 Å². The van der Waals surface area contributed by atoms with Gasteiger partial charge in [0.1, 0.15) is 0 Å². The van der Waals surface area contributed by atoms with Gasteiger partial charge in [-0.2, -0.15) is 16.9 Å². The molecule has 1 saturated heterocycles. The molecule has 0 spiro atoms. The SMILES string of the molecule is CNCc1cnn(C2CCSCC2)c1. The summed E-state index contributed by atoms with van der Waals surface area (Å²) in [6.45, 7) is 0.918. The molecule has 78 valence electrons. The highest BCUT2D eigenvalue weighted by Gasteiger charge is 2.15. The third kappa shape index (κ3) is 2.30. The van der Waals surface area contributed by atoms with Gasteiger partial charge in [0, 0.05) is 18.3 Å². The lowest BCUT2D eigenvalue weighted by atomic mass is 10.2. The van der Waals surface area contributed by atoms with Gasteiger partial charge in [-0.05, 0) is 31.4 Å². The van der Waals surface area contributed by atoms with Crippen LogP contribution in [0.1, 0.15) is 24.4 Å². The van der Waals surface area contributed by atoms with Gasteiger partial charge in [0.05, 0.1) is 12.2 Å². The molecule has 0 aliphatic carbocycles. The van der Waals surface area contributed by atoms with Crippen molar-refractivity contribution in [3.8, 4) is 0 Å². The van der Waals surface area contributed by atoms with Gasteiger partial charge in [-0.25, -0.2) is 0 Å². The third-order valence-electron chi connectivity index (χ3n) is 2.60.